The maximum Gasteiger partial charge on any atom is 0.119 e. The first-order chi connectivity index (χ1) is 11.0. The summed E-state index contributed by atoms with van der Waals surface area (Å²) in [6.07, 6.45) is 1.06. The van der Waals surface area contributed by atoms with Gasteiger partial charge in [0.15, 0.2) is 0 Å². The maximum atomic E-state index is 5.89. The van der Waals surface area contributed by atoms with E-state index in [9.17, 15) is 0 Å². The molecular weight excluding hydrogens is 306 g/mol. The van der Waals surface area contributed by atoms with Crippen molar-refractivity contribution in [2.24, 2.45) is 5.73 Å². The number of halogens is 1. The van der Waals surface area contributed by atoms with Gasteiger partial charge in [0, 0.05) is 11.6 Å². The summed E-state index contributed by atoms with van der Waals surface area (Å²) in [5.41, 5.74) is 10.3. The molecule has 2 nitrogen and oxygen atoms in total. The van der Waals surface area contributed by atoms with Gasteiger partial charge < -0.3 is 10.5 Å². The highest BCUT2D eigenvalue weighted by atomic mass is 35.5. The van der Waals surface area contributed by atoms with Crippen molar-refractivity contribution in [2.45, 2.75) is 47.6 Å². The van der Waals surface area contributed by atoms with E-state index in [2.05, 4.69) is 19.1 Å². The zero-order valence-corrected chi connectivity index (χ0v) is 16.0. The monoisotopic (exact) mass is 335 g/mol. The first-order valence-corrected chi connectivity index (χ1v) is 8.48. The van der Waals surface area contributed by atoms with Crippen LogP contribution >= 0.6 is 11.6 Å². The van der Waals surface area contributed by atoms with Crippen LogP contribution in [0.4, 0.5) is 0 Å². The van der Waals surface area contributed by atoms with Crippen molar-refractivity contribution < 1.29 is 4.74 Å². The largest absolute Gasteiger partial charge is 0.497 e. The van der Waals surface area contributed by atoms with Gasteiger partial charge in [0.1, 0.15) is 5.75 Å². The molecule has 0 saturated heterocycles. The van der Waals surface area contributed by atoms with Crippen LogP contribution in [0.5, 0.6) is 5.75 Å². The van der Waals surface area contributed by atoms with Crippen LogP contribution in [0.2, 0.25) is 5.02 Å². The van der Waals surface area contributed by atoms with Crippen molar-refractivity contribution in [3.8, 4) is 5.75 Å². The van der Waals surface area contributed by atoms with E-state index in [1.807, 2.05) is 52.0 Å². The molecule has 0 bridgehead atoms. The number of hydrogen-bond donors (Lipinski definition) is 1. The molecule has 0 amide bonds. The molecule has 0 spiro atoms. The van der Waals surface area contributed by atoms with Crippen LogP contribution in [0, 0.1) is 13.8 Å². The SMILES string of the molecule is CC.CCc1ccc(C)c(Cl)c1.COc1ccc(CN)c(C)c1. The molecule has 23 heavy (non-hydrogen) atoms. The molecule has 2 N–H and O–H groups in total. The fraction of sp³-hybridized carbons (Fsp3) is 0.400. The molecular formula is C20H30ClNO. The van der Waals surface area contributed by atoms with Gasteiger partial charge in [-0.2, -0.15) is 0 Å². The van der Waals surface area contributed by atoms with Crippen LogP contribution in [0.25, 0.3) is 0 Å². The quantitative estimate of drug-likeness (QED) is 0.780. The van der Waals surface area contributed by atoms with Crippen molar-refractivity contribution >= 4 is 11.6 Å². The van der Waals surface area contributed by atoms with Gasteiger partial charge in [0.05, 0.1) is 7.11 Å². The molecule has 0 saturated carbocycles. The van der Waals surface area contributed by atoms with E-state index in [0.717, 1.165) is 22.8 Å². The minimum absolute atomic E-state index is 0.593. The standard InChI is InChI=1S/C9H11Cl.C9H13NO.C2H6/c1-3-8-5-4-7(2)9(10)6-8;1-7-5-9(11-2)4-3-8(7)6-10;1-2/h4-6H,3H2,1-2H3;3-5H,6,10H2,1-2H3;1-2H3. The predicted octanol–water partition coefficient (Wildman–Crippen LogP) is 5.70. The van der Waals surface area contributed by atoms with Crippen molar-refractivity contribution in [2.75, 3.05) is 7.11 Å². The van der Waals surface area contributed by atoms with E-state index < -0.39 is 0 Å². The minimum atomic E-state index is 0.593. The summed E-state index contributed by atoms with van der Waals surface area (Å²) in [6.45, 7) is 10.8. The summed E-state index contributed by atoms with van der Waals surface area (Å²) < 4.78 is 5.05. The third-order valence-corrected chi connectivity index (χ3v) is 3.82. The lowest BCUT2D eigenvalue weighted by Gasteiger charge is -2.04. The second kappa shape index (κ2) is 12.0. The van der Waals surface area contributed by atoms with Crippen LogP contribution < -0.4 is 10.5 Å². The van der Waals surface area contributed by atoms with Crippen LogP contribution in [-0.4, -0.2) is 7.11 Å². The molecule has 0 aromatic heterocycles. The molecule has 0 aliphatic heterocycles. The minimum Gasteiger partial charge on any atom is -0.497 e. The van der Waals surface area contributed by atoms with Gasteiger partial charge in [-0.25, -0.2) is 0 Å². The Morgan fingerprint density at radius 1 is 1.00 bits per heavy atom. The Morgan fingerprint density at radius 2 is 1.65 bits per heavy atom. The predicted molar refractivity (Wildman–Crippen MR) is 103 cm³/mol. The van der Waals surface area contributed by atoms with Gasteiger partial charge in [-0.15, -0.1) is 0 Å². The van der Waals surface area contributed by atoms with Gasteiger partial charge in [0.25, 0.3) is 0 Å². The summed E-state index contributed by atoms with van der Waals surface area (Å²) in [6, 6.07) is 12.1. The third-order valence-electron chi connectivity index (χ3n) is 3.41. The highest BCUT2D eigenvalue weighted by molar-refractivity contribution is 6.31. The molecule has 0 unspecified atom stereocenters. The van der Waals surface area contributed by atoms with E-state index in [-0.39, 0.29) is 0 Å². The van der Waals surface area contributed by atoms with Gasteiger partial charge in [-0.3, -0.25) is 0 Å². The zero-order valence-electron chi connectivity index (χ0n) is 15.2. The molecule has 0 aliphatic rings. The molecule has 0 heterocycles. The van der Waals surface area contributed by atoms with Crippen molar-refractivity contribution in [3.63, 3.8) is 0 Å². The van der Waals surface area contributed by atoms with E-state index >= 15 is 0 Å². The highest BCUT2D eigenvalue weighted by Crippen LogP contribution is 2.17. The molecule has 2 aromatic carbocycles. The topological polar surface area (TPSA) is 35.2 Å². The molecule has 0 radical (unpaired) electrons. The highest BCUT2D eigenvalue weighted by Gasteiger charge is 1.96. The Balaban J connectivity index is 0.000000381. The van der Waals surface area contributed by atoms with Crippen LogP contribution in [0.15, 0.2) is 36.4 Å². The van der Waals surface area contributed by atoms with Gasteiger partial charge in [0.2, 0.25) is 0 Å². The van der Waals surface area contributed by atoms with E-state index in [0.29, 0.717) is 6.54 Å². The average Bonchev–Trinajstić information content (AvgIpc) is 2.59. The number of benzene rings is 2. The summed E-state index contributed by atoms with van der Waals surface area (Å²) >= 11 is 5.89. The fourth-order valence-corrected chi connectivity index (χ4v) is 2.08. The Hall–Kier alpha value is -1.51. The normalized spacial score (nSPS) is 9.22. The second-order valence-electron chi connectivity index (χ2n) is 4.93. The van der Waals surface area contributed by atoms with Crippen LogP contribution in [-0.2, 0) is 13.0 Å². The molecule has 2 rings (SSSR count). The molecule has 3 heteroatoms. The van der Waals surface area contributed by atoms with E-state index in [1.165, 1.54) is 16.7 Å². The van der Waals surface area contributed by atoms with E-state index in [4.69, 9.17) is 22.1 Å². The first kappa shape index (κ1) is 21.5. The summed E-state index contributed by atoms with van der Waals surface area (Å²) in [7, 11) is 1.66. The van der Waals surface area contributed by atoms with Gasteiger partial charge >= 0.3 is 0 Å². The average molecular weight is 336 g/mol. The lowest BCUT2D eigenvalue weighted by molar-refractivity contribution is 0.414. The van der Waals surface area contributed by atoms with Crippen molar-refractivity contribution in [1.82, 2.24) is 0 Å². The number of hydrogen-bond acceptors (Lipinski definition) is 2. The molecule has 0 atom stereocenters. The summed E-state index contributed by atoms with van der Waals surface area (Å²) in [4.78, 5) is 0. The summed E-state index contributed by atoms with van der Waals surface area (Å²) in [5.74, 6) is 0.889. The van der Waals surface area contributed by atoms with Crippen LogP contribution in [0.1, 0.15) is 43.0 Å². The van der Waals surface area contributed by atoms with E-state index in [1.54, 1.807) is 7.11 Å². The Kier molecular flexibility index (Phi) is 11.2. The lowest BCUT2D eigenvalue weighted by atomic mass is 10.1. The van der Waals surface area contributed by atoms with Gasteiger partial charge in [-0.05, 0) is 60.7 Å². The molecule has 0 aliphatic carbocycles. The number of rotatable bonds is 3. The lowest BCUT2D eigenvalue weighted by Crippen LogP contribution is -1.98. The van der Waals surface area contributed by atoms with Crippen molar-refractivity contribution in [3.05, 3.63) is 63.7 Å². The first-order valence-electron chi connectivity index (χ1n) is 8.10. The smallest absolute Gasteiger partial charge is 0.119 e. The number of aryl methyl sites for hydroxylation is 3. The Bertz CT molecular complexity index is 582. The number of methoxy groups -OCH3 is 1. The van der Waals surface area contributed by atoms with Crippen molar-refractivity contribution in [1.29, 1.82) is 0 Å². The second-order valence-corrected chi connectivity index (χ2v) is 5.34. The maximum absolute atomic E-state index is 5.89. The zero-order chi connectivity index (χ0) is 17.8. The Morgan fingerprint density at radius 3 is 2.09 bits per heavy atom. The fourth-order valence-electron chi connectivity index (χ4n) is 1.88. The van der Waals surface area contributed by atoms with Crippen LogP contribution in [0.3, 0.4) is 0 Å². The third kappa shape index (κ3) is 7.54. The molecule has 2 aromatic rings. The molecule has 0 fully saturated rings. The number of ether oxygens (including phenoxy) is 1. The molecule has 128 valence electrons. The van der Waals surface area contributed by atoms with Gasteiger partial charge in [-0.1, -0.05) is 50.6 Å². The summed E-state index contributed by atoms with van der Waals surface area (Å²) in [5, 5.41) is 0.874. The number of nitrogens with two attached hydrogens (primary N) is 1. The Labute approximate surface area is 146 Å².